The zero-order chi connectivity index (χ0) is 21.8. The summed E-state index contributed by atoms with van der Waals surface area (Å²) in [5.74, 6) is -1.58. The third kappa shape index (κ3) is 4.72. The van der Waals surface area contributed by atoms with Crippen molar-refractivity contribution in [3.05, 3.63) is 72.0 Å². The third-order valence-corrected chi connectivity index (χ3v) is 5.20. The molecule has 0 radical (unpaired) electrons. The van der Waals surface area contributed by atoms with Crippen LogP contribution < -0.4 is 5.32 Å². The Morgan fingerprint density at radius 1 is 1.06 bits per heavy atom. The molecule has 1 N–H and O–H groups in total. The molecule has 4 rings (SSSR count). The molecule has 0 saturated heterocycles. The van der Waals surface area contributed by atoms with Crippen LogP contribution in [0, 0.1) is 5.82 Å². The van der Waals surface area contributed by atoms with Crippen LogP contribution in [0.1, 0.15) is 10.4 Å². The SMILES string of the molecule is COC(=O)c1cc(NC(=O)CSc2nnc(-c3ccc4ccccc4c3)o2)ccc1F. The average molecular weight is 437 g/mol. The van der Waals surface area contributed by atoms with Crippen molar-refractivity contribution in [1.82, 2.24) is 10.2 Å². The summed E-state index contributed by atoms with van der Waals surface area (Å²) in [4.78, 5) is 23.8. The molecule has 31 heavy (non-hydrogen) atoms. The Morgan fingerprint density at radius 3 is 2.68 bits per heavy atom. The molecule has 3 aromatic carbocycles. The highest BCUT2D eigenvalue weighted by atomic mass is 32.2. The lowest BCUT2D eigenvalue weighted by molar-refractivity contribution is -0.113. The Balaban J connectivity index is 1.39. The van der Waals surface area contributed by atoms with Gasteiger partial charge in [0.25, 0.3) is 5.22 Å². The second kappa shape index (κ2) is 8.97. The largest absolute Gasteiger partial charge is 0.465 e. The van der Waals surface area contributed by atoms with E-state index < -0.39 is 11.8 Å². The van der Waals surface area contributed by atoms with Crippen molar-refractivity contribution in [2.75, 3.05) is 18.2 Å². The number of anilines is 1. The number of hydrogen-bond donors (Lipinski definition) is 1. The third-order valence-electron chi connectivity index (χ3n) is 4.39. The Hall–Kier alpha value is -3.72. The lowest BCUT2D eigenvalue weighted by Gasteiger charge is -2.07. The van der Waals surface area contributed by atoms with Crippen LogP contribution in [0.4, 0.5) is 10.1 Å². The molecule has 7 nitrogen and oxygen atoms in total. The number of carbonyl (C=O) groups is 2. The van der Waals surface area contributed by atoms with E-state index in [1.165, 1.54) is 12.1 Å². The van der Waals surface area contributed by atoms with Crippen LogP contribution >= 0.6 is 11.8 Å². The maximum absolute atomic E-state index is 13.7. The molecule has 0 spiro atoms. The van der Waals surface area contributed by atoms with E-state index >= 15 is 0 Å². The van der Waals surface area contributed by atoms with Gasteiger partial charge in [-0.15, -0.1) is 10.2 Å². The number of methoxy groups -OCH3 is 1. The summed E-state index contributed by atoms with van der Waals surface area (Å²) in [6, 6.07) is 17.4. The second-order valence-corrected chi connectivity index (χ2v) is 7.38. The predicted octanol–water partition coefficient (Wildman–Crippen LogP) is 4.55. The molecule has 0 saturated carbocycles. The maximum atomic E-state index is 13.7. The van der Waals surface area contributed by atoms with Gasteiger partial charge in [0.05, 0.1) is 18.4 Å². The monoisotopic (exact) mass is 437 g/mol. The first-order valence-corrected chi connectivity index (χ1v) is 10.2. The first-order chi connectivity index (χ1) is 15.0. The number of thioether (sulfide) groups is 1. The molecule has 0 aliphatic rings. The van der Waals surface area contributed by atoms with Crippen LogP contribution in [-0.2, 0) is 9.53 Å². The molecule has 1 aromatic heterocycles. The fourth-order valence-corrected chi connectivity index (χ4v) is 3.46. The minimum Gasteiger partial charge on any atom is -0.465 e. The van der Waals surface area contributed by atoms with Crippen LogP contribution in [0.25, 0.3) is 22.2 Å². The Labute approximate surface area is 180 Å². The average Bonchev–Trinajstić information content (AvgIpc) is 3.27. The molecule has 0 bridgehead atoms. The van der Waals surface area contributed by atoms with Gasteiger partial charge in [0.2, 0.25) is 11.8 Å². The van der Waals surface area contributed by atoms with Crippen molar-refractivity contribution in [3.8, 4) is 11.5 Å². The molecule has 4 aromatic rings. The number of halogens is 1. The second-order valence-electron chi connectivity index (χ2n) is 6.46. The summed E-state index contributed by atoms with van der Waals surface area (Å²) in [6.45, 7) is 0. The summed E-state index contributed by atoms with van der Waals surface area (Å²) < 4.78 is 23.9. The predicted molar refractivity (Wildman–Crippen MR) is 114 cm³/mol. The van der Waals surface area contributed by atoms with E-state index in [-0.39, 0.29) is 28.1 Å². The van der Waals surface area contributed by atoms with E-state index in [0.29, 0.717) is 5.89 Å². The van der Waals surface area contributed by atoms with Gasteiger partial charge in [0.1, 0.15) is 5.82 Å². The molecule has 0 unspecified atom stereocenters. The van der Waals surface area contributed by atoms with Crippen LogP contribution in [0.2, 0.25) is 0 Å². The molecule has 1 amide bonds. The normalized spacial score (nSPS) is 10.8. The van der Waals surface area contributed by atoms with Crippen LogP contribution in [0.15, 0.2) is 70.3 Å². The summed E-state index contributed by atoms with van der Waals surface area (Å²) in [5.41, 5.74) is 0.795. The number of ether oxygens (including phenoxy) is 1. The number of hydrogen-bond acceptors (Lipinski definition) is 7. The van der Waals surface area contributed by atoms with Gasteiger partial charge in [-0.25, -0.2) is 9.18 Å². The zero-order valence-electron chi connectivity index (χ0n) is 16.3. The fourth-order valence-electron chi connectivity index (χ4n) is 2.90. The number of esters is 1. The quantitative estimate of drug-likeness (QED) is 0.349. The van der Waals surface area contributed by atoms with Crippen molar-refractivity contribution in [3.63, 3.8) is 0 Å². The molecule has 1 heterocycles. The standard InChI is InChI=1S/C22H16FN3O4S/c1-29-21(28)17-11-16(8-9-18(17)23)24-19(27)12-31-22-26-25-20(30-22)15-7-6-13-4-2-3-5-14(13)10-15/h2-11H,12H2,1H3,(H,24,27). The van der Waals surface area contributed by atoms with Crippen molar-refractivity contribution in [2.24, 2.45) is 0 Å². The van der Waals surface area contributed by atoms with E-state index in [1.807, 2.05) is 42.5 Å². The number of nitrogens with zero attached hydrogens (tertiary/aromatic N) is 2. The van der Waals surface area contributed by atoms with Crippen LogP contribution in [0.3, 0.4) is 0 Å². The van der Waals surface area contributed by atoms with Gasteiger partial charge in [0, 0.05) is 11.3 Å². The van der Waals surface area contributed by atoms with Crippen LogP contribution in [-0.4, -0.2) is 34.9 Å². The minimum atomic E-state index is -0.824. The summed E-state index contributed by atoms with van der Waals surface area (Å²) in [7, 11) is 1.15. The number of benzene rings is 3. The summed E-state index contributed by atoms with van der Waals surface area (Å²) in [5, 5.41) is 13.0. The van der Waals surface area contributed by atoms with E-state index in [0.717, 1.165) is 41.3 Å². The number of aromatic nitrogens is 2. The number of fused-ring (bicyclic) bond motifs is 1. The summed E-state index contributed by atoms with van der Waals surface area (Å²) in [6.07, 6.45) is 0. The van der Waals surface area contributed by atoms with Gasteiger partial charge in [-0.2, -0.15) is 0 Å². The number of rotatable bonds is 6. The number of nitrogens with one attached hydrogen (secondary N) is 1. The summed E-state index contributed by atoms with van der Waals surface area (Å²) >= 11 is 1.07. The van der Waals surface area contributed by atoms with Crippen molar-refractivity contribution < 1.29 is 23.1 Å². The van der Waals surface area contributed by atoms with E-state index in [9.17, 15) is 14.0 Å². The van der Waals surface area contributed by atoms with Gasteiger partial charge in [-0.3, -0.25) is 4.79 Å². The lowest BCUT2D eigenvalue weighted by atomic mass is 10.1. The van der Waals surface area contributed by atoms with Crippen molar-refractivity contribution in [1.29, 1.82) is 0 Å². The molecular weight excluding hydrogens is 421 g/mol. The molecule has 156 valence electrons. The minimum absolute atomic E-state index is 0.00964. The lowest BCUT2D eigenvalue weighted by Crippen LogP contribution is -2.15. The first-order valence-electron chi connectivity index (χ1n) is 9.16. The Morgan fingerprint density at radius 2 is 1.87 bits per heavy atom. The van der Waals surface area contributed by atoms with E-state index in [2.05, 4.69) is 20.3 Å². The number of carbonyl (C=O) groups excluding carboxylic acids is 2. The van der Waals surface area contributed by atoms with E-state index in [4.69, 9.17) is 4.42 Å². The van der Waals surface area contributed by atoms with Gasteiger partial charge in [-0.1, -0.05) is 42.1 Å². The fraction of sp³-hybridized carbons (Fsp3) is 0.0909. The van der Waals surface area contributed by atoms with Gasteiger partial charge < -0.3 is 14.5 Å². The molecule has 0 fully saturated rings. The molecular formula is C22H16FN3O4S. The molecule has 9 heteroatoms. The highest BCUT2D eigenvalue weighted by molar-refractivity contribution is 7.99. The van der Waals surface area contributed by atoms with Crippen molar-refractivity contribution in [2.45, 2.75) is 5.22 Å². The topological polar surface area (TPSA) is 94.3 Å². The van der Waals surface area contributed by atoms with Gasteiger partial charge in [0.15, 0.2) is 0 Å². The van der Waals surface area contributed by atoms with Gasteiger partial charge >= 0.3 is 5.97 Å². The number of amides is 1. The smallest absolute Gasteiger partial charge is 0.340 e. The molecule has 0 aliphatic carbocycles. The van der Waals surface area contributed by atoms with Gasteiger partial charge in [-0.05, 0) is 41.1 Å². The Bertz CT molecular complexity index is 1270. The zero-order valence-corrected chi connectivity index (χ0v) is 17.1. The Kier molecular flexibility index (Phi) is 5.94. The molecule has 0 aliphatic heterocycles. The highest BCUT2D eigenvalue weighted by Crippen LogP contribution is 2.26. The van der Waals surface area contributed by atoms with Crippen molar-refractivity contribution >= 4 is 40.1 Å². The van der Waals surface area contributed by atoms with Crippen LogP contribution in [0.5, 0.6) is 0 Å². The first kappa shape index (κ1) is 20.5. The highest BCUT2D eigenvalue weighted by Gasteiger charge is 2.15. The van der Waals surface area contributed by atoms with E-state index in [1.54, 1.807) is 0 Å². The molecule has 0 atom stereocenters. The maximum Gasteiger partial charge on any atom is 0.340 e.